The number of hydrogen-bond donors (Lipinski definition) is 1. The Morgan fingerprint density at radius 2 is 2.50 bits per heavy atom. The molecule has 0 spiro atoms. The minimum Gasteiger partial charge on any atom is -0.481 e. The number of aryl methyl sites for hydroxylation is 1. The van der Waals surface area contributed by atoms with E-state index in [0.717, 1.165) is 5.56 Å². The van der Waals surface area contributed by atoms with Crippen molar-refractivity contribution in [3.05, 3.63) is 28.0 Å². The van der Waals surface area contributed by atoms with Crippen LogP contribution in [0.25, 0.3) is 6.08 Å². The van der Waals surface area contributed by atoms with Gasteiger partial charge in [-0.1, -0.05) is 12.2 Å². The van der Waals surface area contributed by atoms with Crippen LogP contribution in [0.4, 0.5) is 0 Å². The molecule has 1 N–H and O–H groups in total. The summed E-state index contributed by atoms with van der Waals surface area (Å²) in [6, 6.07) is 1.98. The van der Waals surface area contributed by atoms with E-state index in [1.165, 1.54) is 4.88 Å². The van der Waals surface area contributed by atoms with Gasteiger partial charge in [0.25, 0.3) is 0 Å². The maximum Gasteiger partial charge on any atom is 0.307 e. The summed E-state index contributed by atoms with van der Waals surface area (Å²) in [5, 5.41) is 10.4. The Hall–Kier alpha value is -1.09. The highest BCUT2D eigenvalue weighted by Gasteiger charge is 1.94. The van der Waals surface area contributed by atoms with Crippen LogP contribution >= 0.6 is 11.3 Å². The Bertz CT molecular complexity index is 299. The van der Waals surface area contributed by atoms with Gasteiger partial charge in [0.05, 0.1) is 6.42 Å². The lowest BCUT2D eigenvalue weighted by molar-refractivity contribution is -0.135. The molecule has 0 saturated carbocycles. The fourth-order valence-corrected chi connectivity index (χ4v) is 1.55. The van der Waals surface area contributed by atoms with E-state index in [-0.39, 0.29) is 6.42 Å². The van der Waals surface area contributed by atoms with Gasteiger partial charge in [-0.3, -0.25) is 4.79 Å². The molecule has 64 valence electrons. The summed E-state index contributed by atoms with van der Waals surface area (Å²) in [6.07, 6.45) is 3.60. The molecule has 1 rings (SSSR count). The minimum absolute atomic E-state index is 0.0925. The van der Waals surface area contributed by atoms with Gasteiger partial charge in [-0.15, -0.1) is 11.3 Å². The number of thiophene rings is 1. The molecule has 0 aliphatic rings. The number of rotatable bonds is 3. The third-order valence-corrected chi connectivity index (χ3v) is 2.35. The first kappa shape index (κ1) is 9.00. The van der Waals surface area contributed by atoms with Crippen molar-refractivity contribution in [3.8, 4) is 0 Å². The standard InChI is InChI=1S/C9H10O2S/c1-7-8(5-6-12-7)3-2-4-9(10)11/h2-3,5-6H,4H2,1H3,(H,10,11). The van der Waals surface area contributed by atoms with Crippen molar-refractivity contribution in [2.45, 2.75) is 13.3 Å². The monoisotopic (exact) mass is 182 g/mol. The van der Waals surface area contributed by atoms with E-state index in [0.29, 0.717) is 0 Å². The molecule has 12 heavy (non-hydrogen) atoms. The Balaban J connectivity index is 2.57. The fourth-order valence-electron chi connectivity index (χ4n) is 0.854. The van der Waals surface area contributed by atoms with Gasteiger partial charge in [0.15, 0.2) is 0 Å². The van der Waals surface area contributed by atoms with Gasteiger partial charge >= 0.3 is 5.97 Å². The van der Waals surface area contributed by atoms with Crippen molar-refractivity contribution < 1.29 is 9.90 Å². The van der Waals surface area contributed by atoms with Crippen LogP contribution < -0.4 is 0 Å². The highest BCUT2D eigenvalue weighted by Crippen LogP contribution is 2.16. The molecule has 0 bridgehead atoms. The highest BCUT2D eigenvalue weighted by atomic mass is 32.1. The summed E-state index contributed by atoms with van der Waals surface area (Å²) in [5.74, 6) is -0.792. The van der Waals surface area contributed by atoms with Crippen molar-refractivity contribution in [2.75, 3.05) is 0 Å². The van der Waals surface area contributed by atoms with Crippen LogP contribution in [0.5, 0.6) is 0 Å². The minimum atomic E-state index is -0.792. The summed E-state index contributed by atoms with van der Waals surface area (Å²) in [7, 11) is 0. The van der Waals surface area contributed by atoms with Crippen molar-refractivity contribution in [1.29, 1.82) is 0 Å². The van der Waals surface area contributed by atoms with E-state index in [9.17, 15) is 4.79 Å². The van der Waals surface area contributed by atoms with Crippen molar-refractivity contribution in [3.63, 3.8) is 0 Å². The van der Waals surface area contributed by atoms with Gasteiger partial charge in [-0.05, 0) is 23.9 Å². The van der Waals surface area contributed by atoms with Gasteiger partial charge in [0.1, 0.15) is 0 Å². The lowest BCUT2D eigenvalue weighted by Crippen LogP contribution is -1.89. The van der Waals surface area contributed by atoms with Gasteiger partial charge in [-0.2, -0.15) is 0 Å². The van der Waals surface area contributed by atoms with E-state index in [1.807, 2.05) is 24.4 Å². The summed E-state index contributed by atoms with van der Waals surface area (Å²) in [4.78, 5) is 11.4. The highest BCUT2D eigenvalue weighted by molar-refractivity contribution is 7.10. The first-order valence-corrected chi connectivity index (χ1v) is 4.50. The SMILES string of the molecule is Cc1sccc1C=CCC(=O)O. The fraction of sp³-hybridized carbons (Fsp3) is 0.222. The number of hydrogen-bond acceptors (Lipinski definition) is 2. The van der Waals surface area contributed by atoms with Crippen LogP contribution in [-0.2, 0) is 4.79 Å². The molecule has 0 atom stereocenters. The summed E-state index contributed by atoms with van der Waals surface area (Å²) in [6.45, 7) is 2.02. The van der Waals surface area contributed by atoms with Crippen LogP contribution in [0.1, 0.15) is 16.9 Å². The molecule has 0 fully saturated rings. The molecule has 0 unspecified atom stereocenters. The van der Waals surface area contributed by atoms with Gasteiger partial charge in [0.2, 0.25) is 0 Å². The predicted octanol–water partition coefficient (Wildman–Crippen LogP) is 2.54. The topological polar surface area (TPSA) is 37.3 Å². The largest absolute Gasteiger partial charge is 0.481 e. The molecule has 3 heteroatoms. The lowest BCUT2D eigenvalue weighted by Gasteiger charge is -1.87. The van der Waals surface area contributed by atoms with Crippen molar-refractivity contribution >= 4 is 23.4 Å². The third kappa shape index (κ3) is 2.51. The average Bonchev–Trinajstić information content (AvgIpc) is 2.36. The number of carbonyl (C=O) groups is 1. The maximum atomic E-state index is 10.2. The zero-order valence-corrected chi connectivity index (χ0v) is 7.60. The van der Waals surface area contributed by atoms with Crippen molar-refractivity contribution in [1.82, 2.24) is 0 Å². The molecule has 0 aromatic carbocycles. The third-order valence-electron chi connectivity index (χ3n) is 1.49. The van der Waals surface area contributed by atoms with Gasteiger partial charge in [0, 0.05) is 4.88 Å². The number of carboxylic acid groups (broad SMARTS) is 1. The summed E-state index contributed by atoms with van der Waals surface area (Å²) in [5.41, 5.74) is 1.11. The predicted molar refractivity (Wildman–Crippen MR) is 50.3 cm³/mol. The molecule has 1 aromatic heterocycles. The molecule has 0 aliphatic heterocycles. The Kier molecular flexibility index (Phi) is 3.05. The molecular formula is C9H10O2S. The molecular weight excluding hydrogens is 172 g/mol. The van der Waals surface area contributed by atoms with Crippen LogP contribution in [0.15, 0.2) is 17.5 Å². The number of carboxylic acids is 1. The van der Waals surface area contributed by atoms with E-state index in [4.69, 9.17) is 5.11 Å². The van der Waals surface area contributed by atoms with Crippen molar-refractivity contribution in [2.24, 2.45) is 0 Å². The van der Waals surface area contributed by atoms with Crippen LogP contribution in [0.2, 0.25) is 0 Å². The van der Waals surface area contributed by atoms with E-state index < -0.39 is 5.97 Å². The van der Waals surface area contributed by atoms with E-state index >= 15 is 0 Å². The molecule has 2 nitrogen and oxygen atoms in total. The van der Waals surface area contributed by atoms with Crippen LogP contribution in [0.3, 0.4) is 0 Å². The van der Waals surface area contributed by atoms with Crippen LogP contribution in [0, 0.1) is 6.92 Å². The average molecular weight is 182 g/mol. The van der Waals surface area contributed by atoms with Gasteiger partial charge < -0.3 is 5.11 Å². The molecule has 0 amide bonds. The quantitative estimate of drug-likeness (QED) is 0.780. The second-order valence-electron chi connectivity index (χ2n) is 2.43. The van der Waals surface area contributed by atoms with Crippen LogP contribution in [-0.4, -0.2) is 11.1 Å². The summed E-state index contributed by atoms with van der Waals surface area (Å²) >= 11 is 1.66. The van der Waals surface area contributed by atoms with E-state index in [2.05, 4.69) is 0 Å². The number of aliphatic carboxylic acids is 1. The first-order valence-electron chi connectivity index (χ1n) is 3.62. The summed E-state index contributed by atoms with van der Waals surface area (Å²) < 4.78 is 0. The molecule has 0 radical (unpaired) electrons. The first-order chi connectivity index (χ1) is 5.70. The Morgan fingerprint density at radius 1 is 1.75 bits per heavy atom. The smallest absolute Gasteiger partial charge is 0.307 e. The zero-order valence-electron chi connectivity index (χ0n) is 6.78. The normalized spacial score (nSPS) is 10.8. The molecule has 0 aliphatic carbocycles. The second kappa shape index (κ2) is 4.07. The Labute approximate surface area is 75.2 Å². The maximum absolute atomic E-state index is 10.2. The Morgan fingerprint density at radius 3 is 3.00 bits per heavy atom. The van der Waals surface area contributed by atoms with E-state index in [1.54, 1.807) is 17.4 Å². The molecule has 1 aromatic rings. The lowest BCUT2D eigenvalue weighted by atomic mass is 10.2. The second-order valence-corrected chi connectivity index (χ2v) is 3.55. The molecule has 1 heterocycles. The molecule has 0 saturated heterocycles. The zero-order chi connectivity index (χ0) is 8.97. The van der Waals surface area contributed by atoms with Gasteiger partial charge in [-0.25, -0.2) is 0 Å².